The van der Waals surface area contributed by atoms with Crippen molar-refractivity contribution in [2.45, 2.75) is 38.6 Å². The normalized spacial score (nSPS) is 26.3. The van der Waals surface area contributed by atoms with Crippen LogP contribution in [0.5, 0.6) is 0 Å². The molecule has 1 aromatic rings. The van der Waals surface area contributed by atoms with Crippen molar-refractivity contribution < 1.29 is 9.90 Å². The molecule has 0 heterocycles. The van der Waals surface area contributed by atoms with E-state index in [0.29, 0.717) is 23.7 Å². The maximum absolute atomic E-state index is 12.0. The number of urea groups is 1. The van der Waals surface area contributed by atoms with E-state index in [0.717, 1.165) is 19.4 Å². The van der Waals surface area contributed by atoms with Gasteiger partial charge in [-0.05, 0) is 47.6 Å². The largest absolute Gasteiger partial charge is 0.394 e. The summed E-state index contributed by atoms with van der Waals surface area (Å²) in [5.74, 6) is 2.39. The second-order valence-corrected chi connectivity index (χ2v) is 7.12. The lowest BCUT2D eigenvalue weighted by Gasteiger charge is -2.18. The maximum Gasteiger partial charge on any atom is 0.315 e. The van der Waals surface area contributed by atoms with Crippen LogP contribution in [0.4, 0.5) is 4.79 Å². The van der Waals surface area contributed by atoms with Gasteiger partial charge in [0.15, 0.2) is 0 Å². The number of amides is 2. The first-order valence-corrected chi connectivity index (χ1v) is 8.33. The van der Waals surface area contributed by atoms with Crippen LogP contribution in [-0.2, 0) is 6.42 Å². The molecule has 0 spiro atoms. The fraction of sp³-hybridized carbons (Fsp3) is 0.611. The number of nitrogens with one attached hydrogen (secondary N) is 2. The SMILES string of the molecule is CC(C)CC(CO)NC(=O)NCC1C2Cc3ccccc3C12. The molecule has 2 amide bonds. The highest BCUT2D eigenvalue weighted by Crippen LogP contribution is 2.60. The minimum atomic E-state index is -0.155. The third kappa shape index (κ3) is 3.12. The molecule has 0 aliphatic heterocycles. The minimum absolute atomic E-state index is 0.00630. The third-order valence-corrected chi connectivity index (χ3v) is 5.01. The van der Waals surface area contributed by atoms with Gasteiger partial charge >= 0.3 is 6.03 Å². The van der Waals surface area contributed by atoms with Crippen molar-refractivity contribution in [1.82, 2.24) is 10.6 Å². The van der Waals surface area contributed by atoms with Crippen LogP contribution >= 0.6 is 0 Å². The average molecular weight is 302 g/mol. The molecule has 2 aliphatic rings. The Morgan fingerprint density at radius 1 is 1.36 bits per heavy atom. The van der Waals surface area contributed by atoms with Crippen molar-refractivity contribution in [1.29, 1.82) is 0 Å². The van der Waals surface area contributed by atoms with Gasteiger partial charge in [-0.1, -0.05) is 38.1 Å². The lowest BCUT2D eigenvalue weighted by Crippen LogP contribution is -2.45. The lowest BCUT2D eigenvalue weighted by molar-refractivity contribution is 0.206. The Labute approximate surface area is 132 Å². The zero-order valence-corrected chi connectivity index (χ0v) is 13.4. The predicted molar refractivity (Wildman–Crippen MR) is 86.7 cm³/mol. The van der Waals surface area contributed by atoms with Gasteiger partial charge < -0.3 is 15.7 Å². The average Bonchev–Trinajstić information content (AvgIpc) is 3.03. The van der Waals surface area contributed by atoms with E-state index in [1.807, 2.05) is 0 Å². The number of carbonyl (C=O) groups is 1. The highest BCUT2D eigenvalue weighted by molar-refractivity contribution is 5.74. The number of carbonyl (C=O) groups excluding carboxylic acids is 1. The Morgan fingerprint density at radius 2 is 2.14 bits per heavy atom. The number of aliphatic hydroxyl groups excluding tert-OH is 1. The van der Waals surface area contributed by atoms with Crippen LogP contribution in [0.25, 0.3) is 0 Å². The summed E-state index contributed by atoms with van der Waals surface area (Å²) >= 11 is 0. The zero-order valence-electron chi connectivity index (χ0n) is 13.4. The molecule has 1 fully saturated rings. The summed E-state index contributed by atoms with van der Waals surface area (Å²) in [6.07, 6.45) is 1.95. The summed E-state index contributed by atoms with van der Waals surface area (Å²) in [6, 6.07) is 8.35. The quantitative estimate of drug-likeness (QED) is 0.755. The fourth-order valence-electron chi connectivity index (χ4n) is 3.96. The van der Waals surface area contributed by atoms with E-state index in [1.54, 1.807) is 0 Å². The Morgan fingerprint density at radius 3 is 2.86 bits per heavy atom. The Hall–Kier alpha value is -1.55. The predicted octanol–water partition coefficient (Wildman–Crippen LogP) is 2.28. The van der Waals surface area contributed by atoms with Crippen molar-refractivity contribution in [3.05, 3.63) is 35.4 Å². The number of rotatable bonds is 6. The third-order valence-electron chi connectivity index (χ3n) is 5.01. The van der Waals surface area contributed by atoms with Crippen molar-refractivity contribution in [2.75, 3.05) is 13.2 Å². The van der Waals surface area contributed by atoms with E-state index in [9.17, 15) is 9.90 Å². The molecule has 1 saturated carbocycles. The Bertz CT molecular complexity index is 544. The highest BCUT2D eigenvalue weighted by Gasteiger charge is 2.54. The van der Waals surface area contributed by atoms with Crippen molar-refractivity contribution in [3.8, 4) is 0 Å². The van der Waals surface area contributed by atoms with Gasteiger partial charge in [0.05, 0.1) is 12.6 Å². The van der Waals surface area contributed by atoms with Crippen LogP contribution in [-0.4, -0.2) is 30.3 Å². The molecule has 4 atom stereocenters. The van der Waals surface area contributed by atoms with Crippen LogP contribution in [0.3, 0.4) is 0 Å². The minimum Gasteiger partial charge on any atom is -0.394 e. The molecule has 0 aromatic heterocycles. The van der Waals surface area contributed by atoms with E-state index in [4.69, 9.17) is 0 Å². The monoisotopic (exact) mass is 302 g/mol. The summed E-state index contributed by atoms with van der Waals surface area (Å²) < 4.78 is 0. The van der Waals surface area contributed by atoms with Gasteiger partial charge in [0.1, 0.15) is 0 Å². The van der Waals surface area contributed by atoms with E-state index < -0.39 is 0 Å². The van der Waals surface area contributed by atoms with Crippen LogP contribution in [0.1, 0.15) is 37.3 Å². The smallest absolute Gasteiger partial charge is 0.315 e. The molecule has 0 radical (unpaired) electrons. The summed E-state index contributed by atoms with van der Waals surface area (Å²) in [5.41, 5.74) is 2.96. The number of hydrogen-bond donors (Lipinski definition) is 3. The van der Waals surface area contributed by atoms with Gasteiger partial charge in [0.2, 0.25) is 0 Å². The molecule has 1 aromatic carbocycles. The van der Waals surface area contributed by atoms with Gasteiger partial charge in [-0.3, -0.25) is 0 Å². The molecule has 4 heteroatoms. The van der Waals surface area contributed by atoms with Crippen LogP contribution in [0.15, 0.2) is 24.3 Å². The van der Waals surface area contributed by atoms with Crippen LogP contribution in [0.2, 0.25) is 0 Å². The molecule has 3 rings (SSSR count). The first-order valence-electron chi connectivity index (χ1n) is 8.33. The van der Waals surface area contributed by atoms with E-state index in [-0.39, 0.29) is 18.7 Å². The summed E-state index contributed by atoms with van der Waals surface area (Å²) in [6.45, 7) is 4.90. The molecule has 120 valence electrons. The molecular weight excluding hydrogens is 276 g/mol. The van der Waals surface area contributed by atoms with Crippen molar-refractivity contribution in [2.24, 2.45) is 17.8 Å². The summed E-state index contributed by atoms with van der Waals surface area (Å²) in [4.78, 5) is 12.0. The summed E-state index contributed by atoms with van der Waals surface area (Å²) in [7, 11) is 0. The topological polar surface area (TPSA) is 61.4 Å². The molecular formula is C18H26N2O2. The van der Waals surface area contributed by atoms with E-state index in [2.05, 4.69) is 48.7 Å². The number of hydrogen-bond acceptors (Lipinski definition) is 2. The van der Waals surface area contributed by atoms with Crippen LogP contribution < -0.4 is 10.6 Å². The number of benzene rings is 1. The maximum atomic E-state index is 12.0. The van der Waals surface area contributed by atoms with Gasteiger partial charge in [0, 0.05) is 6.54 Å². The van der Waals surface area contributed by atoms with Gasteiger partial charge in [-0.25, -0.2) is 4.79 Å². The zero-order chi connectivity index (χ0) is 15.7. The standard InChI is InChI=1S/C18H26N2O2/c1-11(2)7-13(10-21)20-18(22)19-9-16-15-8-12-5-3-4-6-14(12)17(15)16/h3-6,11,13,15-17,21H,7-10H2,1-2H3,(H2,19,20,22). The number of fused-ring (bicyclic) bond motifs is 3. The molecule has 4 nitrogen and oxygen atoms in total. The van der Waals surface area contributed by atoms with Gasteiger partial charge in [-0.2, -0.15) is 0 Å². The van der Waals surface area contributed by atoms with Crippen molar-refractivity contribution >= 4 is 6.03 Å². The first-order chi connectivity index (χ1) is 10.6. The van der Waals surface area contributed by atoms with Crippen molar-refractivity contribution in [3.63, 3.8) is 0 Å². The molecule has 22 heavy (non-hydrogen) atoms. The first kappa shape index (κ1) is 15.3. The summed E-state index contributed by atoms with van der Waals surface area (Å²) in [5, 5.41) is 15.2. The Kier molecular flexibility index (Phi) is 4.39. The van der Waals surface area contributed by atoms with Gasteiger partial charge in [0.25, 0.3) is 0 Å². The molecule has 0 bridgehead atoms. The second-order valence-electron chi connectivity index (χ2n) is 7.12. The molecule has 4 unspecified atom stereocenters. The van der Waals surface area contributed by atoms with Crippen LogP contribution in [0, 0.1) is 17.8 Å². The molecule has 3 N–H and O–H groups in total. The highest BCUT2D eigenvalue weighted by atomic mass is 16.3. The molecule has 0 saturated heterocycles. The Balaban J connectivity index is 1.44. The molecule has 2 aliphatic carbocycles. The van der Waals surface area contributed by atoms with E-state index in [1.165, 1.54) is 11.1 Å². The second kappa shape index (κ2) is 6.29. The van der Waals surface area contributed by atoms with Gasteiger partial charge in [-0.15, -0.1) is 0 Å². The number of aliphatic hydroxyl groups is 1. The lowest BCUT2D eigenvalue weighted by atomic mass is 10.0. The fourth-order valence-corrected chi connectivity index (χ4v) is 3.96. The van der Waals surface area contributed by atoms with E-state index >= 15 is 0 Å².